The maximum Gasteiger partial charge on any atom is 0.277 e. The fourth-order valence-electron chi connectivity index (χ4n) is 1.72. The summed E-state index contributed by atoms with van der Waals surface area (Å²) in [5.41, 5.74) is 4.16. The molecule has 0 unspecified atom stereocenters. The molecule has 0 heterocycles. The maximum atomic E-state index is 11.7. The zero-order valence-corrected chi connectivity index (χ0v) is 14.2. The molecular weight excluding hydrogens is 368 g/mol. The standard InChI is InChI=1S/C16H14BrClN2O2/c1-11-7-13(17)5-6-15(11)22-10-16(21)20-19-9-12-3-2-4-14(18)8-12/h2-9H,10H2,1H3,(H,20,21)/b19-9+. The predicted molar refractivity (Wildman–Crippen MR) is 91.6 cm³/mol. The number of halogens is 2. The van der Waals surface area contributed by atoms with E-state index in [0.717, 1.165) is 15.6 Å². The quantitative estimate of drug-likeness (QED) is 0.630. The molecule has 0 atom stereocenters. The first kappa shape index (κ1) is 16.5. The van der Waals surface area contributed by atoms with Gasteiger partial charge in [-0.3, -0.25) is 4.79 Å². The van der Waals surface area contributed by atoms with Crippen LogP contribution in [0, 0.1) is 6.92 Å². The van der Waals surface area contributed by atoms with Crippen molar-refractivity contribution in [1.29, 1.82) is 0 Å². The Morgan fingerprint density at radius 1 is 1.36 bits per heavy atom. The number of aryl methyl sites for hydroxylation is 1. The third kappa shape index (κ3) is 5.16. The smallest absolute Gasteiger partial charge is 0.277 e. The van der Waals surface area contributed by atoms with Gasteiger partial charge in [-0.05, 0) is 48.4 Å². The zero-order chi connectivity index (χ0) is 15.9. The SMILES string of the molecule is Cc1cc(Br)ccc1OCC(=O)N/N=C/c1cccc(Cl)c1. The predicted octanol–water partition coefficient (Wildman–Crippen LogP) is 3.94. The number of hydrogen-bond donors (Lipinski definition) is 1. The number of rotatable bonds is 5. The van der Waals surface area contributed by atoms with Gasteiger partial charge in [-0.2, -0.15) is 5.10 Å². The lowest BCUT2D eigenvalue weighted by atomic mass is 10.2. The Morgan fingerprint density at radius 3 is 2.91 bits per heavy atom. The van der Waals surface area contributed by atoms with E-state index in [4.69, 9.17) is 16.3 Å². The number of carbonyl (C=O) groups is 1. The number of hydrogen-bond acceptors (Lipinski definition) is 3. The molecule has 0 aromatic heterocycles. The Bertz CT molecular complexity index is 704. The summed E-state index contributed by atoms with van der Waals surface area (Å²) in [6.07, 6.45) is 1.52. The molecule has 0 radical (unpaired) electrons. The molecule has 22 heavy (non-hydrogen) atoms. The minimum absolute atomic E-state index is 0.102. The van der Waals surface area contributed by atoms with Gasteiger partial charge in [-0.1, -0.05) is 39.7 Å². The molecule has 0 aliphatic rings. The van der Waals surface area contributed by atoms with Gasteiger partial charge < -0.3 is 4.74 Å². The second-order valence-electron chi connectivity index (χ2n) is 4.55. The third-order valence-electron chi connectivity index (χ3n) is 2.75. The summed E-state index contributed by atoms with van der Waals surface area (Å²) in [6.45, 7) is 1.81. The Hall–Kier alpha value is -1.85. The first-order valence-corrected chi connectivity index (χ1v) is 7.68. The molecule has 1 N–H and O–H groups in total. The molecule has 1 amide bonds. The molecule has 0 aliphatic heterocycles. The van der Waals surface area contributed by atoms with Gasteiger partial charge in [0.15, 0.2) is 6.61 Å². The van der Waals surface area contributed by atoms with Crippen LogP contribution in [0.5, 0.6) is 5.75 Å². The highest BCUT2D eigenvalue weighted by atomic mass is 79.9. The number of ether oxygens (including phenoxy) is 1. The number of benzene rings is 2. The Balaban J connectivity index is 1.83. The summed E-state index contributed by atoms with van der Waals surface area (Å²) in [5.74, 6) is 0.331. The van der Waals surface area contributed by atoms with Crippen LogP contribution >= 0.6 is 27.5 Å². The van der Waals surface area contributed by atoms with Crippen molar-refractivity contribution < 1.29 is 9.53 Å². The average molecular weight is 382 g/mol. The normalized spacial score (nSPS) is 10.7. The first-order chi connectivity index (χ1) is 10.5. The van der Waals surface area contributed by atoms with Crippen molar-refractivity contribution in [2.24, 2.45) is 5.10 Å². The van der Waals surface area contributed by atoms with Crippen LogP contribution in [-0.4, -0.2) is 18.7 Å². The van der Waals surface area contributed by atoms with Crippen LogP contribution < -0.4 is 10.2 Å². The second kappa shape index (κ2) is 7.96. The van der Waals surface area contributed by atoms with E-state index in [0.29, 0.717) is 10.8 Å². The topological polar surface area (TPSA) is 50.7 Å². The number of hydrazone groups is 1. The van der Waals surface area contributed by atoms with Crippen molar-refractivity contribution in [3.8, 4) is 5.75 Å². The summed E-state index contributed by atoms with van der Waals surface area (Å²) in [7, 11) is 0. The van der Waals surface area contributed by atoms with Crippen LogP contribution in [0.25, 0.3) is 0 Å². The molecular formula is C16H14BrClN2O2. The highest BCUT2D eigenvalue weighted by Crippen LogP contribution is 2.21. The van der Waals surface area contributed by atoms with Gasteiger partial charge in [-0.15, -0.1) is 0 Å². The van der Waals surface area contributed by atoms with Gasteiger partial charge in [0.05, 0.1) is 6.21 Å². The van der Waals surface area contributed by atoms with Crippen LogP contribution in [0.3, 0.4) is 0 Å². The highest BCUT2D eigenvalue weighted by molar-refractivity contribution is 9.10. The van der Waals surface area contributed by atoms with Gasteiger partial charge in [0.1, 0.15) is 5.75 Å². The van der Waals surface area contributed by atoms with E-state index in [1.807, 2.05) is 37.3 Å². The molecule has 114 valence electrons. The van der Waals surface area contributed by atoms with Crippen LogP contribution in [0.2, 0.25) is 5.02 Å². The highest BCUT2D eigenvalue weighted by Gasteiger charge is 2.04. The van der Waals surface area contributed by atoms with E-state index in [9.17, 15) is 4.79 Å². The second-order valence-corrected chi connectivity index (χ2v) is 5.90. The fourth-order valence-corrected chi connectivity index (χ4v) is 2.39. The van der Waals surface area contributed by atoms with Crippen molar-refractivity contribution in [2.45, 2.75) is 6.92 Å². The monoisotopic (exact) mass is 380 g/mol. The summed E-state index contributed by atoms with van der Waals surface area (Å²) in [5, 5.41) is 4.48. The Morgan fingerprint density at radius 2 is 2.18 bits per heavy atom. The van der Waals surface area contributed by atoms with E-state index in [2.05, 4.69) is 26.5 Å². The van der Waals surface area contributed by atoms with Gasteiger partial charge >= 0.3 is 0 Å². The molecule has 6 heteroatoms. The van der Waals surface area contributed by atoms with Crippen molar-refractivity contribution in [3.05, 3.63) is 63.1 Å². The number of amides is 1. The molecule has 4 nitrogen and oxygen atoms in total. The van der Waals surface area contributed by atoms with Gasteiger partial charge in [0.2, 0.25) is 0 Å². The lowest BCUT2D eigenvalue weighted by molar-refractivity contribution is -0.123. The summed E-state index contributed by atoms with van der Waals surface area (Å²) in [4.78, 5) is 11.7. The molecule has 0 saturated heterocycles. The third-order valence-corrected chi connectivity index (χ3v) is 3.48. The van der Waals surface area contributed by atoms with E-state index < -0.39 is 0 Å². The number of nitrogens with one attached hydrogen (secondary N) is 1. The molecule has 2 aromatic carbocycles. The van der Waals surface area contributed by atoms with Crippen molar-refractivity contribution >= 4 is 39.7 Å². The lowest BCUT2D eigenvalue weighted by Crippen LogP contribution is -2.24. The minimum Gasteiger partial charge on any atom is -0.483 e. The average Bonchev–Trinajstić information content (AvgIpc) is 2.46. The fraction of sp³-hybridized carbons (Fsp3) is 0.125. The Kier molecular flexibility index (Phi) is 5.98. The molecule has 0 bridgehead atoms. The molecule has 0 spiro atoms. The van der Waals surface area contributed by atoms with Crippen molar-refractivity contribution in [3.63, 3.8) is 0 Å². The van der Waals surface area contributed by atoms with E-state index in [1.165, 1.54) is 6.21 Å². The maximum absolute atomic E-state index is 11.7. The van der Waals surface area contributed by atoms with E-state index in [-0.39, 0.29) is 12.5 Å². The van der Waals surface area contributed by atoms with Gasteiger partial charge in [-0.25, -0.2) is 5.43 Å². The van der Waals surface area contributed by atoms with Crippen LogP contribution in [0.4, 0.5) is 0 Å². The van der Waals surface area contributed by atoms with E-state index in [1.54, 1.807) is 12.1 Å². The van der Waals surface area contributed by atoms with E-state index >= 15 is 0 Å². The summed E-state index contributed by atoms with van der Waals surface area (Å²) in [6, 6.07) is 12.8. The first-order valence-electron chi connectivity index (χ1n) is 6.51. The number of nitrogens with zero attached hydrogens (tertiary/aromatic N) is 1. The number of carbonyl (C=O) groups excluding carboxylic acids is 1. The van der Waals surface area contributed by atoms with Gasteiger partial charge in [0, 0.05) is 9.50 Å². The Labute approximate surface area is 142 Å². The van der Waals surface area contributed by atoms with Crippen LogP contribution in [-0.2, 0) is 4.79 Å². The molecule has 0 aliphatic carbocycles. The molecule has 0 fully saturated rings. The molecule has 2 rings (SSSR count). The van der Waals surface area contributed by atoms with Crippen molar-refractivity contribution in [1.82, 2.24) is 5.43 Å². The minimum atomic E-state index is -0.333. The lowest BCUT2D eigenvalue weighted by Gasteiger charge is -2.08. The van der Waals surface area contributed by atoms with Crippen LogP contribution in [0.1, 0.15) is 11.1 Å². The summed E-state index contributed by atoms with van der Waals surface area (Å²) < 4.78 is 6.41. The van der Waals surface area contributed by atoms with Gasteiger partial charge in [0.25, 0.3) is 5.91 Å². The molecule has 0 saturated carbocycles. The largest absolute Gasteiger partial charge is 0.483 e. The van der Waals surface area contributed by atoms with Crippen LogP contribution in [0.15, 0.2) is 52.0 Å². The van der Waals surface area contributed by atoms with Crippen molar-refractivity contribution in [2.75, 3.05) is 6.61 Å². The molecule has 2 aromatic rings. The zero-order valence-electron chi connectivity index (χ0n) is 11.8. The summed E-state index contributed by atoms with van der Waals surface area (Å²) >= 11 is 9.23.